The molecular formula is C19H17NO3. The Balaban J connectivity index is 1.76. The molecule has 0 aliphatic rings. The van der Waals surface area contributed by atoms with E-state index in [9.17, 15) is 9.90 Å². The summed E-state index contributed by atoms with van der Waals surface area (Å²) in [5, 5.41) is 12.2. The Labute approximate surface area is 134 Å². The van der Waals surface area contributed by atoms with Gasteiger partial charge in [0.25, 0.3) is 5.91 Å². The summed E-state index contributed by atoms with van der Waals surface area (Å²) in [7, 11) is 0. The summed E-state index contributed by atoms with van der Waals surface area (Å²) in [6.07, 6.45) is 1.51. The highest BCUT2D eigenvalue weighted by Crippen LogP contribution is 2.24. The molecule has 1 amide bonds. The van der Waals surface area contributed by atoms with Gasteiger partial charge in [0.15, 0.2) is 5.76 Å². The minimum absolute atomic E-state index is 0.0535. The molecule has 0 radical (unpaired) electrons. The van der Waals surface area contributed by atoms with Crippen LogP contribution < -0.4 is 5.32 Å². The SMILES string of the molecule is O=C(NCc1ccccc1CO)c1occc1-c1ccccc1. The highest BCUT2D eigenvalue weighted by Gasteiger charge is 2.16. The van der Waals surface area contributed by atoms with Crippen LogP contribution in [0.5, 0.6) is 0 Å². The van der Waals surface area contributed by atoms with Gasteiger partial charge in [0, 0.05) is 12.1 Å². The van der Waals surface area contributed by atoms with E-state index in [1.807, 2.05) is 54.6 Å². The zero-order valence-electron chi connectivity index (χ0n) is 12.5. The molecule has 4 heteroatoms. The van der Waals surface area contributed by atoms with E-state index in [0.29, 0.717) is 6.54 Å². The highest BCUT2D eigenvalue weighted by molar-refractivity contribution is 5.98. The molecule has 0 spiro atoms. The van der Waals surface area contributed by atoms with Crippen LogP contribution in [0.1, 0.15) is 21.7 Å². The number of carbonyl (C=O) groups excluding carboxylic acids is 1. The van der Waals surface area contributed by atoms with Crippen molar-refractivity contribution in [3.63, 3.8) is 0 Å². The Hall–Kier alpha value is -2.85. The normalized spacial score (nSPS) is 10.5. The molecular weight excluding hydrogens is 290 g/mol. The maximum Gasteiger partial charge on any atom is 0.287 e. The molecule has 4 nitrogen and oxygen atoms in total. The molecule has 0 bridgehead atoms. The predicted octanol–water partition coefficient (Wildman–Crippen LogP) is 3.37. The quantitative estimate of drug-likeness (QED) is 0.759. The fourth-order valence-electron chi connectivity index (χ4n) is 2.47. The molecule has 0 unspecified atom stereocenters. The number of nitrogens with one attached hydrogen (secondary N) is 1. The van der Waals surface area contributed by atoms with Crippen LogP contribution in [0.2, 0.25) is 0 Å². The molecule has 3 rings (SSSR count). The molecule has 3 aromatic rings. The smallest absolute Gasteiger partial charge is 0.287 e. The third-order valence-electron chi connectivity index (χ3n) is 3.68. The minimum atomic E-state index is -0.276. The van der Waals surface area contributed by atoms with Crippen LogP contribution in [0.3, 0.4) is 0 Å². The number of amides is 1. The number of hydrogen-bond acceptors (Lipinski definition) is 3. The number of furan rings is 1. The van der Waals surface area contributed by atoms with E-state index < -0.39 is 0 Å². The number of aliphatic hydroxyl groups excluding tert-OH is 1. The van der Waals surface area contributed by atoms with Crippen LogP contribution in [-0.2, 0) is 13.2 Å². The number of benzene rings is 2. The second kappa shape index (κ2) is 6.94. The molecule has 0 saturated carbocycles. The minimum Gasteiger partial charge on any atom is -0.459 e. The first-order valence-corrected chi connectivity index (χ1v) is 7.38. The Morgan fingerprint density at radius 3 is 2.39 bits per heavy atom. The summed E-state index contributed by atoms with van der Waals surface area (Å²) in [5.41, 5.74) is 3.38. The largest absolute Gasteiger partial charge is 0.459 e. The molecule has 0 aliphatic heterocycles. The van der Waals surface area contributed by atoms with Crippen molar-refractivity contribution in [3.8, 4) is 11.1 Å². The van der Waals surface area contributed by atoms with Crippen LogP contribution >= 0.6 is 0 Å². The van der Waals surface area contributed by atoms with Crippen molar-refractivity contribution in [1.82, 2.24) is 5.32 Å². The van der Waals surface area contributed by atoms with E-state index in [1.165, 1.54) is 6.26 Å². The summed E-state index contributed by atoms with van der Waals surface area (Å²) < 4.78 is 5.36. The third kappa shape index (κ3) is 3.33. The number of aliphatic hydroxyl groups is 1. The summed E-state index contributed by atoms with van der Waals surface area (Å²) >= 11 is 0. The van der Waals surface area contributed by atoms with E-state index in [-0.39, 0.29) is 18.3 Å². The molecule has 23 heavy (non-hydrogen) atoms. The molecule has 2 aromatic carbocycles. The summed E-state index contributed by atoms with van der Waals surface area (Å²) in [6.45, 7) is 0.284. The molecule has 1 heterocycles. The van der Waals surface area contributed by atoms with Gasteiger partial charge in [0.2, 0.25) is 0 Å². The number of hydrogen-bond donors (Lipinski definition) is 2. The van der Waals surface area contributed by atoms with Crippen molar-refractivity contribution in [2.75, 3.05) is 0 Å². The molecule has 116 valence electrons. The monoisotopic (exact) mass is 307 g/mol. The average Bonchev–Trinajstić information content (AvgIpc) is 3.10. The van der Waals surface area contributed by atoms with Crippen molar-refractivity contribution >= 4 is 5.91 Å². The van der Waals surface area contributed by atoms with Gasteiger partial charge in [0.05, 0.1) is 12.9 Å². The molecule has 2 N–H and O–H groups in total. The zero-order valence-corrected chi connectivity index (χ0v) is 12.5. The topological polar surface area (TPSA) is 62.5 Å². The lowest BCUT2D eigenvalue weighted by atomic mass is 10.1. The maximum atomic E-state index is 12.4. The summed E-state index contributed by atoms with van der Waals surface area (Å²) in [4.78, 5) is 12.4. The summed E-state index contributed by atoms with van der Waals surface area (Å²) in [6, 6.07) is 18.9. The van der Waals surface area contributed by atoms with Gasteiger partial charge in [0.1, 0.15) is 0 Å². The van der Waals surface area contributed by atoms with Crippen LogP contribution in [0.15, 0.2) is 71.3 Å². The molecule has 0 atom stereocenters. The molecule has 0 aliphatic carbocycles. The van der Waals surface area contributed by atoms with Crippen LogP contribution in [0.4, 0.5) is 0 Å². The molecule has 0 saturated heterocycles. The van der Waals surface area contributed by atoms with E-state index in [2.05, 4.69) is 5.32 Å². The van der Waals surface area contributed by atoms with E-state index in [1.54, 1.807) is 6.07 Å². The van der Waals surface area contributed by atoms with Gasteiger partial charge in [-0.05, 0) is 22.8 Å². The van der Waals surface area contributed by atoms with Gasteiger partial charge in [-0.25, -0.2) is 0 Å². The average molecular weight is 307 g/mol. The van der Waals surface area contributed by atoms with Crippen molar-refractivity contribution in [2.45, 2.75) is 13.2 Å². The third-order valence-corrected chi connectivity index (χ3v) is 3.68. The van der Waals surface area contributed by atoms with Gasteiger partial charge in [-0.3, -0.25) is 4.79 Å². The van der Waals surface area contributed by atoms with Crippen molar-refractivity contribution in [3.05, 3.63) is 83.8 Å². The zero-order chi connectivity index (χ0) is 16.1. The van der Waals surface area contributed by atoms with Crippen LogP contribution in [-0.4, -0.2) is 11.0 Å². The first-order chi connectivity index (χ1) is 11.3. The lowest BCUT2D eigenvalue weighted by Gasteiger charge is -2.09. The van der Waals surface area contributed by atoms with Crippen molar-refractivity contribution in [1.29, 1.82) is 0 Å². The summed E-state index contributed by atoms with van der Waals surface area (Å²) in [5.74, 6) is 0.0132. The fraction of sp³-hybridized carbons (Fsp3) is 0.105. The van der Waals surface area contributed by atoms with Gasteiger partial charge in [-0.2, -0.15) is 0 Å². The predicted molar refractivity (Wildman–Crippen MR) is 87.7 cm³/mol. The number of carbonyl (C=O) groups is 1. The van der Waals surface area contributed by atoms with E-state index in [4.69, 9.17) is 4.42 Å². The van der Waals surface area contributed by atoms with Crippen molar-refractivity contribution < 1.29 is 14.3 Å². The second-order valence-electron chi connectivity index (χ2n) is 5.14. The van der Waals surface area contributed by atoms with Crippen molar-refractivity contribution in [2.24, 2.45) is 0 Å². The maximum absolute atomic E-state index is 12.4. The van der Waals surface area contributed by atoms with Gasteiger partial charge in [-0.1, -0.05) is 54.6 Å². The highest BCUT2D eigenvalue weighted by atomic mass is 16.3. The van der Waals surface area contributed by atoms with Gasteiger partial charge < -0.3 is 14.8 Å². The second-order valence-corrected chi connectivity index (χ2v) is 5.14. The van der Waals surface area contributed by atoms with Gasteiger partial charge in [-0.15, -0.1) is 0 Å². The lowest BCUT2D eigenvalue weighted by Crippen LogP contribution is -2.23. The van der Waals surface area contributed by atoms with E-state index >= 15 is 0 Å². The molecule has 0 fully saturated rings. The lowest BCUT2D eigenvalue weighted by molar-refractivity contribution is 0.0923. The van der Waals surface area contributed by atoms with Crippen LogP contribution in [0, 0.1) is 0 Å². The van der Waals surface area contributed by atoms with E-state index in [0.717, 1.165) is 22.3 Å². The first kappa shape index (κ1) is 15.1. The Kier molecular flexibility index (Phi) is 4.54. The van der Waals surface area contributed by atoms with Crippen LogP contribution in [0.25, 0.3) is 11.1 Å². The number of rotatable bonds is 5. The first-order valence-electron chi connectivity index (χ1n) is 7.38. The Morgan fingerprint density at radius 1 is 0.957 bits per heavy atom. The Bertz CT molecular complexity index is 793. The molecule has 1 aromatic heterocycles. The Morgan fingerprint density at radius 2 is 1.65 bits per heavy atom. The van der Waals surface area contributed by atoms with Gasteiger partial charge >= 0.3 is 0 Å². The standard InChI is InChI=1S/C19H17NO3/c21-13-16-9-5-4-8-15(16)12-20-19(22)18-17(10-11-23-18)14-6-2-1-3-7-14/h1-11,21H,12-13H2,(H,20,22). The fourth-order valence-corrected chi connectivity index (χ4v) is 2.47.